The van der Waals surface area contributed by atoms with E-state index in [-0.39, 0.29) is 5.69 Å². The van der Waals surface area contributed by atoms with E-state index in [1.807, 2.05) is 54.6 Å². The molecule has 0 radical (unpaired) electrons. The molecule has 2 heterocycles. The molecule has 5 nitrogen and oxygen atoms in total. The average molecular weight is 276 g/mol. The van der Waals surface area contributed by atoms with Gasteiger partial charge >= 0.3 is 5.69 Å². The van der Waals surface area contributed by atoms with Crippen molar-refractivity contribution in [1.29, 1.82) is 0 Å². The number of hydrogen-bond acceptors (Lipinski definition) is 3. The number of nitrogens with zero attached hydrogens (tertiary/aromatic N) is 2. The highest BCUT2D eigenvalue weighted by molar-refractivity contribution is 5.93. The molecule has 0 atom stereocenters. The highest BCUT2D eigenvalue weighted by Gasteiger charge is 2.17. The summed E-state index contributed by atoms with van der Waals surface area (Å²) in [5.41, 5.74) is 3.04. The number of fused-ring (bicyclic) bond motifs is 2. The van der Waals surface area contributed by atoms with Crippen molar-refractivity contribution >= 4 is 23.4 Å². The van der Waals surface area contributed by atoms with Gasteiger partial charge < -0.3 is 5.32 Å². The summed E-state index contributed by atoms with van der Waals surface area (Å²) in [6, 6.07) is 17.2. The molecule has 0 spiro atoms. The second kappa shape index (κ2) is 4.49. The summed E-state index contributed by atoms with van der Waals surface area (Å²) in [6.07, 6.45) is 1.71. The predicted molar refractivity (Wildman–Crippen MR) is 83.4 cm³/mol. The Morgan fingerprint density at radius 1 is 0.952 bits per heavy atom. The molecule has 21 heavy (non-hydrogen) atoms. The molecule has 1 aliphatic heterocycles. The summed E-state index contributed by atoms with van der Waals surface area (Å²) in [6.45, 7) is 0. The van der Waals surface area contributed by atoms with Crippen LogP contribution in [0.5, 0.6) is 0 Å². The summed E-state index contributed by atoms with van der Waals surface area (Å²) in [5, 5.41) is 3.23. The number of imidazole rings is 1. The van der Waals surface area contributed by atoms with E-state index in [0.717, 1.165) is 17.1 Å². The molecule has 4 rings (SSSR count). The maximum Gasteiger partial charge on any atom is 0.332 e. The maximum absolute atomic E-state index is 12.2. The lowest BCUT2D eigenvalue weighted by atomic mass is 10.3. The van der Waals surface area contributed by atoms with Crippen molar-refractivity contribution in [2.45, 2.75) is 0 Å². The SMILES string of the molecule is O=c1[nH]c2c(n1-c1ccccc1)C=Nc1ccccc1N2. The fourth-order valence-corrected chi connectivity index (χ4v) is 2.46. The molecule has 3 aromatic rings. The lowest BCUT2D eigenvalue weighted by Gasteiger charge is -2.05. The number of aromatic amines is 1. The number of aliphatic imine (C=N–C) groups is 1. The number of H-pyrrole nitrogens is 1. The van der Waals surface area contributed by atoms with Gasteiger partial charge in [-0.3, -0.25) is 14.5 Å². The number of benzene rings is 2. The molecule has 0 aliphatic carbocycles. The van der Waals surface area contributed by atoms with E-state index < -0.39 is 0 Å². The van der Waals surface area contributed by atoms with Crippen LogP contribution in [0.1, 0.15) is 5.69 Å². The summed E-state index contributed by atoms with van der Waals surface area (Å²) in [4.78, 5) is 19.5. The Labute approximate surface area is 120 Å². The lowest BCUT2D eigenvalue weighted by molar-refractivity contribution is 0.980. The van der Waals surface area contributed by atoms with Crippen LogP contribution < -0.4 is 11.0 Å². The first-order valence-electron chi connectivity index (χ1n) is 6.63. The van der Waals surface area contributed by atoms with Gasteiger partial charge in [0, 0.05) is 0 Å². The van der Waals surface area contributed by atoms with E-state index in [9.17, 15) is 4.79 Å². The molecule has 1 aliphatic rings. The zero-order chi connectivity index (χ0) is 14.2. The molecule has 2 aromatic carbocycles. The molecular weight excluding hydrogens is 264 g/mol. The monoisotopic (exact) mass is 276 g/mol. The van der Waals surface area contributed by atoms with Crippen LogP contribution in [0.4, 0.5) is 17.2 Å². The normalized spacial score (nSPS) is 12.2. The Morgan fingerprint density at radius 3 is 2.57 bits per heavy atom. The van der Waals surface area contributed by atoms with Crippen LogP contribution in [0, 0.1) is 0 Å². The van der Waals surface area contributed by atoms with Crippen LogP contribution in [0.3, 0.4) is 0 Å². The van der Waals surface area contributed by atoms with E-state index in [4.69, 9.17) is 0 Å². The Balaban J connectivity index is 1.93. The van der Waals surface area contributed by atoms with Crippen LogP contribution in [-0.2, 0) is 0 Å². The third-order valence-corrected chi connectivity index (χ3v) is 3.44. The first kappa shape index (κ1) is 11.7. The zero-order valence-electron chi connectivity index (χ0n) is 11.1. The number of anilines is 2. The van der Waals surface area contributed by atoms with Gasteiger partial charge in [0.05, 0.1) is 23.3 Å². The standard InChI is InChI=1S/C16H12N4O/c21-16-19-15-14(20(16)11-6-2-1-3-7-11)10-17-12-8-4-5-9-13(12)18-15/h1-10,18H,(H,19,21). The minimum Gasteiger partial charge on any atom is -0.338 e. The minimum absolute atomic E-state index is 0.190. The Hall–Kier alpha value is -3.08. The van der Waals surface area contributed by atoms with Crippen LogP contribution in [0.15, 0.2) is 64.4 Å². The van der Waals surface area contributed by atoms with Gasteiger partial charge in [-0.2, -0.15) is 0 Å². The van der Waals surface area contributed by atoms with Gasteiger partial charge in [-0.1, -0.05) is 30.3 Å². The number of aromatic nitrogens is 2. The number of hydrogen-bond donors (Lipinski definition) is 2. The summed E-state index contributed by atoms with van der Waals surface area (Å²) in [7, 11) is 0. The van der Waals surface area contributed by atoms with E-state index in [1.54, 1.807) is 10.8 Å². The molecule has 0 amide bonds. The molecule has 0 fully saturated rings. The van der Waals surface area contributed by atoms with Crippen molar-refractivity contribution in [3.8, 4) is 5.69 Å². The second-order valence-corrected chi connectivity index (χ2v) is 4.76. The van der Waals surface area contributed by atoms with Crippen LogP contribution >= 0.6 is 0 Å². The first-order valence-corrected chi connectivity index (χ1v) is 6.63. The molecule has 0 saturated carbocycles. The molecule has 102 valence electrons. The molecule has 0 unspecified atom stereocenters. The van der Waals surface area contributed by atoms with Crippen molar-refractivity contribution < 1.29 is 0 Å². The largest absolute Gasteiger partial charge is 0.338 e. The Kier molecular flexibility index (Phi) is 2.50. The van der Waals surface area contributed by atoms with Crippen LogP contribution in [0.2, 0.25) is 0 Å². The highest BCUT2D eigenvalue weighted by Crippen LogP contribution is 2.31. The minimum atomic E-state index is -0.190. The van der Waals surface area contributed by atoms with Gasteiger partial charge in [0.1, 0.15) is 11.5 Å². The van der Waals surface area contributed by atoms with Gasteiger partial charge in [-0.15, -0.1) is 0 Å². The smallest absolute Gasteiger partial charge is 0.332 e. The number of para-hydroxylation sites is 3. The number of rotatable bonds is 1. The molecule has 5 heteroatoms. The predicted octanol–water partition coefficient (Wildman–Crippen LogP) is 2.97. The van der Waals surface area contributed by atoms with E-state index >= 15 is 0 Å². The van der Waals surface area contributed by atoms with Crippen LogP contribution in [-0.4, -0.2) is 15.8 Å². The molecule has 0 bridgehead atoms. The molecule has 0 saturated heterocycles. The van der Waals surface area contributed by atoms with Gasteiger partial charge in [0.25, 0.3) is 0 Å². The number of nitrogens with one attached hydrogen (secondary N) is 2. The van der Waals surface area contributed by atoms with Crippen molar-refractivity contribution in [2.75, 3.05) is 5.32 Å². The fraction of sp³-hybridized carbons (Fsp3) is 0. The van der Waals surface area contributed by atoms with E-state index in [2.05, 4.69) is 15.3 Å². The molecule has 1 aromatic heterocycles. The van der Waals surface area contributed by atoms with E-state index in [1.165, 1.54) is 0 Å². The van der Waals surface area contributed by atoms with Crippen molar-refractivity contribution in [3.05, 3.63) is 70.8 Å². The third-order valence-electron chi connectivity index (χ3n) is 3.44. The first-order chi connectivity index (χ1) is 10.3. The summed E-state index contributed by atoms with van der Waals surface area (Å²) < 4.78 is 1.61. The van der Waals surface area contributed by atoms with Gasteiger partial charge in [-0.25, -0.2) is 4.79 Å². The van der Waals surface area contributed by atoms with Crippen LogP contribution in [0.25, 0.3) is 5.69 Å². The highest BCUT2D eigenvalue weighted by atomic mass is 16.1. The second-order valence-electron chi connectivity index (χ2n) is 4.76. The Bertz CT molecular complexity index is 890. The quantitative estimate of drug-likeness (QED) is 0.561. The summed E-state index contributed by atoms with van der Waals surface area (Å²) in [5.74, 6) is 0.651. The van der Waals surface area contributed by atoms with Gasteiger partial charge in [-0.05, 0) is 24.3 Å². The lowest BCUT2D eigenvalue weighted by Crippen LogP contribution is -2.16. The van der Waals surface area contributed by atoms with Gasteiger partial charge in [0.2, 0.25) is 0 Å². The molecule has 2 N–H and O–H groups in total. The summed E-state index contributed by atoms with van der Waals surface area (Å²) >= 11 is 0. The molecular formula is C16H12N4O. The van der Waals surface area contributed by atoms with Crippen molar-refractivity contribution in [2.24, 2.45) is 4.99 Å². The van der Waals surface area contributed by atoms with Crippen molar-refractivity contribution in [1.82, 2.24) is 9.55 Å². The maximum atomic E-state index is 12.2. The van der Waals surface area contributed by atoms with Gasteiger partial charge in [0.15, 0.2) is 0 Å². The third kappa shape index (κ3) is 1.87. The topological polar surface area (TPSA) is 62.2 Å². The van der Waals surface area contributed by atoms with Crippen molar-refractivity contribution in [3.63, 3.8) is 0 Å². The zero-order valence-corrected chi connectivity index (χ0v) is 11.1. The van der Waals surface area contributed by atoms with E-state index in [0.29, 0.717) is 11.5 Å². The fourth-order valence-electron chi connectivity index (χ4n) is 2.46. The average Bonchev–Trinajstić information content (AvgIpc) is 2.71. The Morgan fingerprint density at radius 2 is 1.71 bits per heavy atom.